The minimum absolute atomic E-state index is 0.0144. The highest BCUT2D eigenvalue weighted by Crippen LogP contribution is 2.36. The van der Waals surface area contributed by atoms with Crippen molar-refractivity contribution in [3.05, 3.63) is 48.0 Å². The first-order valence-corrected chi connectivity index (χ1v) is 9.33. The third-order valence-corrected chi connectivity index (χ3v) is 4.95. The molecule has 25 heavy (non-hydrogen) atoms. The average Bonchev–Trinajstić information content (AvgIpc) is 3.08. The maximum Gasteiger partial charge on any atom is 0.337 e. The first-order chi connectivity index (χ1) is 11.9. The summed E-state index contributed by atoms with van der Waals surface area (Å²) < 4.78 is 29.6. The number of rotatable bonds is 5. The number of nitrogens with two attached hydrogens (primary N) is 1. The number of ether oxygens (including phenoxy) is 1. The number of primary sulfonamides is 1. The molecule has 0 saturated carbocycles. The lowest BCUT2D eigenvalue weighted by Crippen LogP contribution is -2.22. The van der Waals surface area contributed by atoms with E-state index in [1.807, 2.05) is 4.90 Å². The molecular formula is C17H18N2O5S. The highest BCUT2D eigenvalue weighted by molar-refractivity contribution is 7.89. The maximum absolute atomic E-state index is 11.9. The number of carboxylic acids is 1. The molecule has 0 aliphatic carbocycles. The molecule has 1 saturated heterocycles. The highest BCUT2D eigenvalue weighted by Gasteiger charge is 2.26. The predicted molar refractivity (Wildman–Crippen MR) is 92.7 cm³/mol. The van der Waals surface area contributed by atoms with Gasteiger partial charge in [-0.15, -0.1) is 0 Å². The van der Waals surface area contributed by atoms with Crippen LogP contribution in [0.2, 0.25) is 0 Å². The first-order valence-electron chi connectivity index (χ1n) is 7.78. The van der Waals surface area contributed by atoms with Crippen LogP contribution in [0.15, 0.2) is 47.4 Å². The van der Waals surface area contributed by atoms with E-state index in [-0.39, 0.29) is 16.2 Å². The second-order valence-electron chi connectivity index (χ2n) is 5.78. The number of carboxylic acid groups (broad SMARTS) is 1. The molecule has 7 nitrogen and oxygen atoms in total. The molecule has 2 aromatic carbocycles. The maximum atomic E-state index is 11.9. The summed E-state index contributed by atoms with van der Waals surface area (Å²) in [6.45, 7) is 1.42. The molecule has 0 atom stereocenters. The van der Waals surface area contributed by atoms with E-state index < -0.39 is 16.0 Å². The van der Waals surface area contributed by atoms with Gasteiger partial charge >= 0.3 is 5.97 Å². The molecule has 1 aliphatic rings. The number of hydrogen-bond donors (Lipinski definition) is 2. The van der Waals surface area contributed by atoms with Crippen LogP contribution in [0, 0.1) is 0 Å². The van der Waals surface area contributed by atoms with Crippen LogP contribution < -0.4 is 14.8 Å². The second-order valence-corrected chi connectivity index (χ2v) is 7.31. The van der Waals surface area contributed by atoms with Crippen LogP contribution in [0.1, 0.15) is 23.2 Å². The summed E-state index contributed by atoms with van der Waals surface area (Å²) in [5.41, 5.74) is 0.328. The Morgan fingerprint density at radius 3 is 2.32 bits per heavy atom. The van der Waals surface area contributed by atoms with E-state index in [1.54, 1.807) is 30.3 Å². The molecule has 3 N–H and O–H groups in total. The van der Waals surface area contributed by atoms with Crippen LogP contribution in [-0.4, -0.2) is 32.6 Å². The van der Waals surface area contributed by atoms with Gasteiger partial charge in [-0.05, 0) is 31.0 Å². The van der Waals surface area contributed by atoms with Crippen LogP contribution in [0.3, 0.4) is 0 Å². The second kappa shape index (κ2) is 6.73. The molecular weight excluding hydrogens is 344 g/mol. The fourth-order valence-corrected chi connectivity index (χ4v) is 3.52. The Kier molecular flexibility index (Phi) is 4.65. The summed E-state index contributed by atoms with van der Waals surface area (Å²) in [4.78, 5) is 13.2. The Balaban J connectivity index is 2.16. The third-order valence-electron chi connectivity index (χ3n) is 4.02. The molecule has 3 rings (SSSR count). The molecule has 0 spiro atoms. The molecule has 1 fully saturated rings. The van der Waals surface area contributed by atoms with E-state index in [1.165, 1.54) is 6.07 Å². The Morgan fingerprint density at radius 1 is 1.12 bits per heavy atom. The van der Waals surface area contributed by atoms with Gasteiger partial charge in [0, 0.05) is 19.2 Å². The quantitative estimate of drug-likeness (QED) is 0.845. The molecule has 0 aromatic heterocycles. The number of carbonyl (C=O) groups is 1. The lowest BCUT2D eigenvalue weighted by Gasteiger charge is -2.22. The fraction of sp³-hybridized carbons (Fsp3) is 0.235. The fourth-order valence-electron chi connectivity index (χ4n) is 2.86. The predicted octanol–water partition coefficient (Wildman–Crippen LogP) is 2.42. The summed E-state index contributed by atoms with van der Waals surface area (Å²) in [5, 5.41) is 14.8. The molecule has 0 amide bonds. The topological polar surface area (TPSA) is 110 Å². The number of para-hydroxylation sites is 1. The molecule has 2 aromatic rings. The smallest absolute Gasteiger partial charge is 0.337 e. The molecule has 132 valence electrons. The SMILES string of the molecule is NS(=O)(=O)c1cc(C(=O)O)c(N2CCCC2)cc1Oc1ccccc1. The van der Waals surface area contributed by atoms with Crippen molar-refractivity contribution < 1.29 is 23.1 Å². The Hall–Kier alpha value is -2.58. The van der Waals surface area contributed by atoms with Gasteiger partial charge in [0.05, 0.1) is 11.3 Å². The minimum atomic E-state index is -4.16. The van der Waals surface area contributed by atoms with E-state index in [0.717, 1.165) is 18.9 Å². The molecule has 0 bridgehead atoms. The Morgan fingerprint density at radius 2 is 1.76 bits per heavy atom. The van der Waals surface area contributed by atoms with Crippen LogP contribution in [0.5, 0.6) is 11.5 Å². The minimum Gasteiger partial charge on any atom is -0.478 e. The van der Waals surface area contributed by atoms with Gasteiger partial charge in [-0.25, -0.2) is 18.4 Å². The third kappa shape index (κ3) is 3.75. The van der Waals surface area contributed by atoms with Gasteiger partial charge in [0.1, 0.15) is 16.4 Å². The average molecular weight is 362 g/mol. The van der Waals surface area contributed by atoms with Gasteiger partial charge in [0.2, 0.25) is 10.0 Å². The Bertz CT molecular complexity index is 891. The number of sulfonamides is 1. The normalized spacial score (nSPS) is 14.5. The summed E-state index contributed by atoms with van der Waals surface area (Å²) in [7, 11) is -4.16. The summed E-state index contributed by atoms with van der Waals surface area (Å²) in [5.74, 6) is -0.762. The lowest BCUT2D eigenvalue weighted by molar-refractivity contribution is 0.0697. The van der Waals surface area contributed by atoms with Crippen molar-refractivity contribution in [2.45, 2.75) is 17.7 Å². The van der Waals surface area contributed by atoms with Gasteiger partial charge < -0.3 is 14.7 Å². The van der Waals surface area contributed by atoms with Crippen LogP contribution >= 0.6 is 0 Å². The van der Waals surface area contributed by atoms with Crippen molar-refractivity contribution in [2.75, 3.05) is 18.0 Å². The lowest BCUT2D eigenvalue weighted by atomic mass is 10.1. The van der Waals surface area contributed by atoms with Crippen molar-refractivity contribution in [1.82, 2.24) is 0 Å². The van der Waals surface area contributed by atoms with Gasteiger partial charge in [0.25, 0.3) is 0 Å². The van der Waals surface area contributed by atoms with E-state index in [0.29, 0.717) is 24.5 Å². The summed E-state index contributed by atoms with van der Waals surface area (Å²) in [6, 6.07) is 11.2. The number of nitrogens with zero attached hydrogens (tertiary/aromatic N) is 1. The zero-order valence-electron chi connectivity index (χ0n) is 13.4. The van der Waals surface area contributed by atoms with Crippen LogP contribution in [-0.2, 0) is 10.0 Å². The van der Waals surface area contributed by atoms with Crippen molar-refractivity contribution in [2.24, 2.45) is 5.14 Å². The van der Waals surface area contributed by atoms with Crippen molar-refractivity contribution in [1.29, 1.82) is 0 Å². The number of benzene rings is 2. The van der Waals surface area contributed by atoms with Crippen molar-refractivity contribution >= 4 is 21.7 Å². The van der Waals surface area contributed by atoms with Gasteiger partial charge in [-0.2, -0.15) is 0 Å². The molecule has 1 heterocycles. The molecule has 0 unspecified atom stereocenters. The monoisotopic (exact) mass is 362 g/mol. The van der Waals surface area contributed by atoms with E-state index >= 15 is 0 Å². The van der Waals surface area contributed by atoms with Crippen molar-refractivity contribution in [3.8, 4) is 11.5 Å². The van der Waals surface area contributed by atoms with Gasteiger partial charge in [-0.1, -0.05) is 18.2 Å². The standard InChI is InChI=1S/C17H18N2O5S/c18-25(22,23)16-10-13(17(20)21)14(19-8-4-5-9-19)11-15(16)24-12-6-2-1-3-7-12/h1-3,6-7,10-11H,4-5,8-9H2,(H,20,21)(H2,18,22,23). The molecule has 0 radical (unpaired) electrons. The van der Waals surface area contributed by atoms with E-state index in [4.69, 9.17) is 9.88 Å². The summed E-state index contributed by atoms with van der Waals surface area (Å²) in [6.07, 6.45) is 1.90. The number of aromatic carboxylic acids is 1. The Labute approximate surface area is 145 Å². The van der Waals surface area contributed by atoms with Crippen LogP contribution in [0.25, 0.3) is 0 Å². The largest absolute Gasteiger partial charge is 0.478 e. The van der Waals surface area contributed by atoms with Gasteiger partial charge in [-0.3, -0.25) is 0 Å². The zero-order chi connectivity index (χ0) is 18.0. The zero-order valence-corrected chi connectivity index (χ0v) is 14.2. The number of anilines is 1. The van der Waals surface area contributed by atoms with Gasteiger partial charge in [0.15, 0.2) is 0 Å². The first kappa shape index (κ1) is 17.2. The van der Waals surface area contributed by atoms with Crippen LogP contribution in [0.4, 0.5) is 5.69 Å². The summed E-state index contributed by atoms with van der Waals surface area (Å²) >= 11 is 0. The van der Waals surface area contributed by atoms with E-state index in [2.05, 4.69) is 0 Å². The molecule has 8 heteroatoms. The molecule has 1 aliphatic heterocycles. The highest BCUT2D eigenvalue weighted by atomic mass is 32.2. The van der Waals surface area contributed by atoms with Crippen molar-refractivity contribution in [3.63, 3.8) is 0 Å². The number of hydrogen-bond acceptors (Lipinski definition) is 5. The van der Waals surface area contributed by atoms with E-state index in [9.17, 15) is 18.3 Å².